The summed E-state index contributed by atoms with van der Waals surface area (Å²) in [6.45, 7) is 2.91. The molecule has 0 saturated carbocycles. The van der Waals surface area contributed by atoms with Crippen molar-refractivity contribution in [2.45, 2.75) is 32.2 Å². The maximum absolute atomic E-state index is 11.6. The topological polar surface area (TPSA) is 49.9 Å². The third-order valence-corrected chi connectivity index (χ3v) is 2.90. The van der Waals surface area contributed by atoms with Crippen molar-refractivity contribution < 1.29 is 14.3 Å². The smallest absolute Gasteiger partial charge is 0.323 e. The van der Waals surface area contributed by atoms with E-state index < -0.39 is 0 Å². The van der Waals surface area contributed by atoms with Crippen molar-refractivity contribution in [3.63, 3.8) is 0 Å². The van der Waals surface area contributed by atoms with Gasteiger partial charge >= 0.3 is 5.97 Å². The van der Waals surface area contributed by atoms with Crippen LogP contribution in [0.15, 0.2) is 0 Å². The average molecular weight is 228 g/mol. The van der Waals surface area contributed by atoms with Gasteiger partial charge in [-0.25, -0.2) is 0 Å². The zero-order valence-electron chi connectivity index (χ0n) is 10.2. The predicted molar refractivity (Wildman–Crippen MR) is 59.7 cm³/mol. The second kappa shape index (κ2) is 5.84. The lowest BCUT2D eigenvalue weighted by atomic mass is 10.1. The van der Waals surface area contributed by atoms with Crippen molar-refractivity contribution in [1.82, 2.24) is 9.80 Å². The van der Waals surface area contributed by atoms with Crippen molar-refractivity contribution in [3.8, 4) is 0 Å². The molecule has 1 aliphatic heterocycles. The lowest BCUT2D eigenvalue weighted by Crippen LogP contribution is -2.41. The molecule has 5 nitrogen and oxygen atoms in total. The van der Waals surface area contributed by atoms with E-state index in [1.54, 1.807) is 11.9 Å². The first-order valence-electron chi connectivity index (χ1n) is 5.66. The summed E-state index contributed by atoms with van der Waals surface area (Å²) in [4.78, 5) is 26.5. The molecule has 16 heavy (non-hydrogen) atoms. The number of carbonyl (C=O) groups excluding carboxylic acids is 2. The Labute approximate surface area is 96.3 Å². The van der Waals surface area contributed by atoms with Gasteiger partial charge in [0, 0.05) is 7.05 Å². The van der Waals surface area contributed by atoms with Crippen LogP contribution in [0, 0.1) is 0 Å². The van der Waals surface area contributed by atoms with Crippen molar-refractivity contribution in [3.05, 3.63) is 0 Å². The summed E-state index contributed by atoms with van der Waals surface area (Å²) in [5.74, 6) is -0.179. The summed E-state index contributed by atoms with van der Waals surface area (Å²) in [5.41, 5.74) is 0. The molecule has 1 unspecified atom stereocenters. The number of nitrogens with zero attached hydrogens (tertiary/aromatic N) is 2. The quantitative estimate of drug-likeness (QED) is 0.641. The molecule has 0 spiro atoms. The minimum absolute atomic E-state index is 0.0606. The second-order valence-electron chi connectivity index (χ2n) is 4.16. The molecule has 1 amide bonds. The Balaban J connectivity index is 2.62. The second-order valence-corrected chi connectivity index (χ2v) is 4.16. The monoisotopic (exact) mass is 228 g/mol. The molecule has 0 N–H and O–H groups in total. The number of hydrogen-bond donors (Lipinski definition) is 0. The number of unbranched alkanes of at least 4 members (excludes halogenated alkanes) is 1. The molecule has 1 rings (SSSR count). The highest BCUT2D eigenvalue weighted by Gasteiger charge is 2.34. The molecular formula is C11H20N2O3. The van der Waals surface area contributed by atoms with Gasteiger partial charge in [-0.15, -0.1) is 0 Å². The van der Waals surface area contributed by atoms with E-state index in [-0.39, 0.29) is 17.9 Å². The first-order chi connectivity index (χ1) is 7.60. The number of amides is 1. The third kappa shape index (κ3) is 2.95. The number of rotatable bonds is 5. The van der Waals surface area contributed by atoms with Crippen LogP contribution in [0.25, 0.3) is 0 Å². The van der Waals surface area contributed by atoms with Gasteiger partial charge in [-0.1, -0.05) is 19.8 Å². The van der Waals surface area contributed by atoms with E-state index in [0.29, 0.717) is 13.2 Å². The van der Waals surface area contributed by atoms with Gasteiger partial charge in [0.2, 0.25) is 5.91 Å². The number of hydrogen-bond acceptors (Lipinski definition) is 4. The highest BCUT2D eigenvalue weighted by atomic mass is 16.5. The molecule has 0 aromatic heterocycles. The number of ether oxygens (including phenoxy) is 1. The van der Waals surface area contributed by atoms with E-state index in [1.165, 1.54) is 7.11 Å². The number of carbonyl (C=O) groups is 2. The van der Waals surface area contributed by atoms with Crippen LogP contribution in [0.3, 0.4) is 0 Å². The fraction of sp³-hybridized carbons (Fsp3) is 0.818. The normalized spacial score (nSPS) is 18.9. The van der Waals surface area contributed by atoms with Gasteiger partial charge in [0.1, 0.15) is 6.04 Å². The molecule has 0 aromatic rings. The lowest BCUT2D eigenvalue weighted by molar-refractivity contribution is -0.147. The van der Waals surface area contributed by atoms with Crippen LogP contribution in [0.2, 0.25) is 0 Å². The van der Waals surface area contributed by atoms with Gasteiger partial charge in [0.25, 0.3) is 0 Å². The molecule has 0 aromatic carbocycles. The standard InChI is InChI=1S/C11H20N2O3/c1-4-5-6-9(11(15)16-3)13-7-10(14)12(2)8-13/h9H,4-8H2,1-3H3. The Kier molecular flexibility index (Phi) is 4.73. The highest BCUT2D eigenvalue weighted by Crippen LogP contribution is 2.15. The van der Waals surface area contributed by atoms with E-state index in [2.05, 4.69) is 6.92 Å². The van der Waals surface area contributed by atoms with Crippen LogP contribution in [0.5, 0.6) is 0 Å². The van der Waals surface area contributed by atoms with Crippen molar-refractivity contribution in [1.29, 1.82) is 0 Å². The summed E-state index contributed by atoms with van der Waals surface area (Å²) in [6, 6.07) is -0.279. The van der Waals surface area contributed by atoms with E-state index >= 15 is 0 Å². The SMILES string of the molecule is CCCCC(C(=O)OC)N1CC(=O)N(C)C1. The molecule has 0 radical (unpaired) electrons. The highest BCUT2D eigenvalue weighted by molar-refractivity contribution is 5.82. The van der Waals surface area contributed by atoms with Gasteiger partial charge in [-0.2, -0.15) is 0 Å². The first-order valence-corrected chi connectivity index (χ1v) is 5.66. The van der Waals surface area contributed by atoms with E-state index in [1.807, 2.05) is 4.90 Å². The van der Waals surface area contributed by atoms with Gasteiger partial charge < -0.3 is 9.64 Å². The summed E-state index contributed by atoms with van der Waals surface area (Å²) in [7, 11) is 3.14. The zero-order chi connectivity index (χ0) is 12.1. The molecule has 1 aliphatic rings. The molecule has 92 valence electrons. The first kappa shape index (κ1) is 13.0. The molecule has 1 saturated heterocycles. The summed E-state index contributed by atoms with van der Waals surface area (Å²) in [5, 5.41) is 0. The predicted octanol–water partition coefficient (Wildman–Crippen LogP) is 0.450. The van der Waals surface area contributed by atoms with Crippen LogP contribution in [-0.4, -0.2) is 55.1 Å². The fourth-order valence-corrected chi connectivity index (χ4v) is 1.89. The fourth-order valence-electron chi connectivity index (χ4n) is 1.89. The Bertz CT molecular complexity index is 268. The van der Waals surface area contributed by atoms with E-state index in [9.17, 15) is 9.59 Å². The molecule has 1 heterocycles. The van der Waals surface area contributed by atoms with Gasteiger partial charge in [0.05, 0.1) is 20.3 Å². The zero-order valence-corrected chi connectivity index (χ0v) is 10.2. The maximum Gasteiger partial charge on any atom is 0.323 e. The van der Waals surface area contributed by atoms with E-state index in [4.69, 9.17) is 4.74 Å². The maximum atomic E-state index is 11.6. The van der Waals surface area contributed by atoms with Gasteiger partial charge in [-0.05, 0) is 6.42 Å². The van der Waals surface area contributed by atoms with Crippen LogP contribution < -0.4 is 0 Å². The lowest BCUT2D eigenvalue weighted by Gasteiger charge is -2.24. The van der Waals surface area contributed by atoms with Crippen molar-refractivity contribution in [2.24, 2.45) is 0 Å². The van der Waals surface area contributed by atoms with Crippen LogP contribution >= 0.6 is 0 Å². The Morgan fingerprint density at radius 2 is 2.25 bits per heavy atom. The summed E-state index contributed by atoms with van der Waals surface area (Å²) < 4.78 is 4.78. The molecule has 1 atom stereocenters. The minimum Gasteiger partial charge on any atom is -0.468 e. The summed E-state index contributed by atoms with van der Waals surface area (Å²) >= 11 is 0. The number of likely N-dealkylation sites (N-methyl/N-ethyl adjacent to an activating group) is 1. The third-order valence-electron chi connectivity index (χ3n) is 2.90. The van der Waals surface area contributed by atoms with Crippen LogP contribution in [0.4, 0.5) is 0 Å². The Hall–Kier alpha value is -1.10. The average Bonchev–Trinajstić information content (AvgIpc) is 2.59. The Morgan fingerprint density at radius 1 is 1.56 bits per heavy atom. The molecule has 0 aliphatic carbocycles. The van der Waals surface area contributed by atoms with Crippen molar-refractivity contribution >= 4 is 11.9 Å². The van der Waals surface area contributed by atoms with Gasteiger partial charge in [0.15, 0.2) is 0 Å². The van der Waals surface area contributed by atoms with Crippen LogP contribution in [0.1, 0.15) is 26.2 Å². The Morgan fingerprint density at radius 3 is 2.69 bits per heavy atom. The van der Waals surface area contributed by atoms with E-state index in [0.717, 1.165) is 19.3 Å². The molecule has 5 heteroatoms. The van der Waals surface area contributed by atoms with Crippen LogP contribution in [-0.2, 0) is 14.3 Å². The van der Waals surface area contributed by atoms with Gasteiger partial charge in [-0.3, -0.25) is 14.5 Å². The number of esters is 1. The largest absolute Gasteiger partial charge is 0.468 e. The molecule has 0 bridgehead atoms. The molecule has 1 fully saturated rings. The number of methoxy groups -OCH3 is 1. The molecular weight excluding hydrogens is 208 g/mol. The van der Waals surface area contributed by atoms with Crippen molar-refractivity contribution in [2.75, 3.05) is 27.4 Å². The minimum atomic E-state index is -0.279. The summed E-state index contributed by atoms with van der Waals surface area (Å²) in [6.07, 6.45) is 2.75.